The van der Waals surface area contributed by atoms with Gasteiger partial charge in [-0.1, -0.05) is 6.42 Å². The van der Waals surface area contributed by atoms with E-state index in [-0.39, 0.29) is 6.09 Å². The first-order chi connectivity index (χ1) is 8.94. The molecule has 2 saturated carbocycles. The summed E-state index contributed by atoms with van der Waals surface area (Å²) in [6, 6.07) is 0. The summed E-state index contributed by atoms with van der Waals surface area (Å²) in [5.74, 6) is 2.85. The molecule has 2 N–H and O–H groups in total. The second-order valence-electron chi connectivity index (χ2n) is 7.07. The third-order valence-corrected chi connectivity index (χ3v) is 4.26. The first kappa shape index (κ1) is 14.6. The van der Waals surface area contributed by atoms with Gasteiger partial charge in [0.25, 0.3) is 0 Å². The molecule has 0 saturated heterocycles. The third kappa shape index (κ3) is 4.68. The topological polar surface area (TPSA) is 50.4 Å². The Balaban J connectivity index is 1.50. The van der Waals surface area contributed by atoms with Crippen LogP contribution in [0.25, 0.3) is 0 Å². The number of amides is 1. The molecule has 0 aromatic heterocycles. The number of alkyl carbamates (subject to hydrolysis) is 1. The molecule has 2 rings (SSSR count). The molecule has 0 aromatic carbocycles. The summed E-state index contributed by atoms with van der Waals surface area (Å²) in [4.78, 5) is 11.4. The minimum Gasteiger partial charge on any atom is -0.444 e. The number of rotatable bonds is 5. The summed E-state index contributed by atoms with van der Waals surface area (Å²) in [6.45, 7) is 8.19. The largest absolute Gasteiger partial charge is 0.444 e. The van der Waals surface area contributed by atoms with Crippen LogP contribution in [0.3, 0.4) is 0 Å². The number of hydrogen-bond donors (Lipinski definition) is 2. The van der Waals surface area contributed by atoms with Crippen molar-refractivity contribution < 1.29 is 9.53 Å². The highest BCUT2D eigenvalue weighted by Crippen LogP contribution is 2.47. The van der Waals surface area contributed by atoms with Crippen molar-refractivity contribution in [2.45, 2.75) is 52.1 Å². The van der Waals surface area contributed by atoms with Gasteiger partial charge in [-0.05, 0) is 64.3 Å². The Morgan fingerprint density at radius 1 is 1.21 bits per heavy atom. The fraction of sp³-hybridized carbons (Fsp3) is 0.933. The van der Waals surface area contributed by atoms with Crippen LogP contribution in [0.4, 0.5) is 4.79 Å². The molecule has 2 bridgehead atoms. The first-order valence-corrected chi connectivity index (χ1v) is 7.61. The molecular formula is C15H28N2O2. The molecule has 4 heteroatoms. The van der Waals surface area contributed by atoms with Crippen LogP contribution in [0, 0.1) is 17.8 Å². The molecule has 0 radical (unpaired) electrons. The number of nitrogens with one attached hydrogen (secondary N) is 2. The molecule has 1 amide bonds. The highest BCUT2D eigenvalue weighted by atomic mass is 16.6. The quantitative estimate of drug-likeness (QED) is 0.753. The molecule has 2 aliphatic rings. The molecule has 0 aliphatic heterocycles. The Bertz CT molecular complexity index is 312. The van der Waals surface area contributed by atoms with E-state index >= 15 is 0 Å². The molecule has 4 nitrogen and oxygen atoms in total. The van der Waals surface area contributed by atoms with Gasteiger partial charge in [-0.3, -0.25) is 0 Å². The molecule has 3 atom stereocenters. The van der Waals surface area contributed by atoms with Gasteiger partial charge in [0, 0.05) is 13.1 Å². The normalized spacial score (nSPS) is 29.5. The maximum Gasteiger partial charge on any atom is 0.407 e. The molecule has 110 valence electrons. The summed E-state index contributed by atoms with van der Waals surface area (Å²) >= 11 is 0. The Kier molecular flexibility index (Phi) is 4.71. The average Bonchev–Trinajstić information content (AvgIpc) is 2.87. The maximum absolute atomic E-state index is 11.4. The van der Waals surface area contributed by atoms with Gasteiger partial charge >= 0.3 is 6.09 Å². The second kappa shape index (κ2) is 6.12. The van der Waals surface area contributed by atoms with Crippen molar-refractivity contribution in [3.05, 3.63) is 0 Å². The number of ether oxygens (including phenoxy) is 1. The Hall–Kier alpha value is -0.770. The molecule has 0 spiro atoms. The summed E-state index contributed by atoms with van der Waals surface area (Å²) in [5.41, 5.74) is -0.416. The maximum atomic E-state index is 11.4. The molecule has 0 heterocycles. The lowest BCUT2D eigenvalue weighted by Gasteiger charge is -2.22. The standard InChI is InChI=1S/C15H28N2O2/c1-15(2,3)19-14(18)17-7-6-16-10-13-9-11-4-5-12(13)8-11/h11-13,16H,4-10H2,1-3H3,(H,17,18). The van der Waals surface area contributed by atoms with Crippen LogP contribution in [0.1, 0.15) is 46.5 Å². The van der Waals surface area contributed by atoms with Gasteiger partial charge in [-0.2, -0.15) is 0 Å². The number of carbonyl (C=O) groups excluding carboxylic acids is 1. The summed E-state index contributed by atoms with van der Waals surface area (Å²) in [5, 5.41) is 6.24. The zero-order valence-electron chi connectivity index (χ0n) is 12.5. The predicted molar refractivity (Wildman–Crippen MR) is 76.0 cm³/mol. The highest BCUT2D eigenvalue weighted by Gasteiger charge is 2.38. The molecule has 2 aliphatic carbocycles. The third-order valence-electron chi connectivity index (χ3n) is 4.26. The van der Waals surface area contributed by atoms with Crippen molar-refractivity contribution in [3.63, 3.8) is 0 Å². The smallest absolute Gasteiger partial charge is 0.407 e. The molecule has 0 aromatic rings. The average molecular weight is 268 g/mol. The van der Waals surface area contributed by atoms with Crippen LogP contribution < -0.4 is 10.6 Å². The van der Waals surface area contributed by atoms with Crippen molar-refractivity contribution in [1.29, 1.82) is 0 Å². The van der Waals surface area contributed by atoms with Gasteiger partial charge in [0.15, 0.2) is 0 Å². The van der Waals surface area contributed by atoms with Gasteiger partial charge in [0.05, 0.1) is 0 Å². The number of fused-ring (bicyclic) bond motifs is 2. The monoisotopic (exact) mass is 268 g/mol. The lowest BCUT2D eigenvalue weighted by atomic mass is 9.89. The molecule has 3 unspecified atom stereocenters. The Labute approximate surface area is 116 Å². The van der Waals surface area contributed by atoms with Crippen molar-refractivity contribution in [2.24, 2.45) is 17.8 Å². The van der Waals surface area contributed by atoms with E-state index < -0.39 is 5.60 Å². The fourth-order valence-electron chi connectivity index (χ4n) is 3.48. The number of carbonyl (C=O) groups is 1. The first-order valence-electron chi connectivity index (χ1n) is 7.61. The van der Waals surface area contributed by atoms with E-state index in [4.69, 9.17) is 4.74 Å². The van der Waals surface area contributed by atoms with E-state index in [0.29, 0.717) is 6.54 Å². The van der Waals surface area contributed by atoms with Gasteiger partial charge < -0.3 is 15.4 Å². The Morgan fingerprint density at radius 2 is 2.00 bits per heavy atom. The van der Waals surface area contributed by atoms with Crippen molar-refractivity contribution in [1.82, 2.24) is 10.6 Å². The summed E-state index contributed by atoms with van der Waals surface area (Å²) in [7, 11) is 0. The van der Waals surface area contributed by atoms with Crippen LogP contribution in [0.5, 0.6) is 0 Å². The van der Waals surface area contributed by atoms with Gasteiger partial charge in [-0.15, -0.1) is 0 Å². The molecule has 2 fully saturated rings. The summed E-state index contributed by atoms with van der Waals surface area (Å²) < 4.78 is 5.18. The van der Waals surface area contributed by atoms with Crippen molar-refractivity contribution in [3.8, 4) is 0 Å². The van der Waals surface area contributed by atoms with Gasteiger partial charge in [-0.25, -0.2) is 4.79 Å². The minimum atomic E-state index is -0.416. The lowest BCUT2D eigenvalue weighted by Crippen LogP contribution is -2.37. The Morgan fingerprint density at radius 3 is 2.58 bits per heavy atom. The van der Waals surface area contributed by atoms with Crippen LogP contribution in [-0.4, -0.2) is 31.3 Å². The summed E-state index contributed by atoms with van der Waals surface area (Å²) in [6.07, 6.45) is 5.45. The van der Waals surface area contributed by atoms with Crippen LogP contribution in [0.15, 0.2) is 0 Å². The predicted octanol–water partition coefficient (Wildman–Crippen LogP) is 2.54. The van der Waals surface area contributed by atoms with E-state index in [9.17, 15) is 4.79 Å². The molecule has 19 heavy (non-hydrogen) atoms. The van der Waals surface area contributed by atoms with Crippen molar-refractivity contribution in [2.75, 3.05) is 19.6 Å². The highest BCUT2D eigenvalue weighted by molar-refractivity contribution is 5.67. The second-order valence-corrected chi connectivity index (χ2v) is 7.07. The van der Waals surface area contributed by atoms with E-state index in [2.05, 4.69) is 10.6 Å². The van der Waals surface area contributed by atoms with Crippen LogP contribution in [-0.2, 0) is 4.74 Å². The van der Waals surface area contributed by atoms with E-state index in [1.54, 1.807) is 0 Å². The zero-order valence-corrected chi connectivity index (χ0v) is 12.5. The van der Waals surface area contributed by atoms with Crippen LogP contribution >= 0.6 is 0 Å². The number of hydrogen-bond acceptors (Lipinski definition) is 3. The fourth-order valence-corrected chi connectivity index (χ4v) is 3.48. The van der Waals surface area contributed by atoms with E-state index in [0.717, 1.165) is 30.8 Å². The lowest BCUT2D eigenvalue weighted by molar-refractivity contribution is 0.0528. The minimum absolute atomic E-state index is 0.325. The van der Waals surface area contributed by atoms with E-state index in [1.807, 2.05) is 20.8 Å². The zero-order chi connectivity index (χ0) is 13.9. The van der Waals surface area contributed by atoms with E-state index in [1.165, 1.54) is 25.7 Å². The van der Waals surface area contributed by atoms with Gasteiger partial charge in [0.2, 0.25) is 0 Å². The van der Waals surface area contributed by atoms with Crippen molar-refractivity contribution >= 4 is 6.09 Å². The van der Waals surface area contributed by atoms with Gasteiger partial charge in [0.1, 0.15) is 5.60 Å². The SMILES string of the molecule is CC(C)(C)OC(=O)NCCNCC1CC2CCC1C2. The molecular weight excluding hydrogens is 240 g/mol. The van der Waals surface area contributed by atoms with Crippen LogP contribution in [0.2, 0.25) is 0 Å².